The van der Waals surface area contributed by atoms with Gasteiger partial charge in [0.05, 0.1) is 30.9 Å². The third-order valence-corrected chi connectivity index (χ3v) is 29.1. The van der Waals surface area contributed by atoms with Gasteiger partial charge >= 0.3 is 0 Å². The smallest absolute Gasteiger partial charge is 0.0658 e. The van der Waals surface area contributed by atoms with Gasteiger partial charge in [0.25, 0.3) is 0 Å². The van der Waals surface area contributed by atoms with Crippen LogP contribution in [0.5, 0.6) is 0 Å². The first-order valence-electron chi connectivity index (χ1n) is 34.0. The Bertz CT molecular complexity index is 4800. The van der Waals surface area contributed by atoms with Crippen LogP contribution in [0.2, 0.25) is 0 Å². The van der Waals surface area contributed by atoms with Crippen molar-refractivity contribution in [3.63, 3.8) is 0 Å². The molecule has 6 aliphatic rings. The number of fused-ring (bicyclic) bond motifs is 10. The molecule has 3 fully saturated rings. The number of para-hydroxylation sites is 3. The zero-order chi connectivity index (χ0) is 61.9. The van der Waals surface area contributed by atoms with Gasteiger partial charge in [-0.2, -0.15) is 35.3 Å². The maximum Gasteiger partial charge on any atom is 0.0658 e. The van der Waals surface area contributed by atoms with Crippen LogP contribution < -0.4 is 14.7 Å². The highest BCUT2D eigenvalue weighted by atomic mass is 32.2. The summed E-state index contributed by atoms with van der Waals surface area (Å²) >= 11 is 6.29. The summed E-state index contributed by atoms with van der Waals surface area (Å²) in [5.74, 6) is 0. The molecule has 12 aromatic carbocycles. The van der Waals surface area contributed by atoms with E-state index in [1.165, 1.54) is 177 Å². The average molecular weight is 1250 g/mol. The summed E-state index contributed by atoms with van der Waals surface area (Å²) in [7, 11) is 0. The average Bonchev–Trinajstić information content (AvgIpc) is 1.46. The second kappa shape index (κ2) is 20.9. The Labute approximate surface area is 556 Å². The summed E-state index contributed by atoms with van der Waals surface area (Å²) in [5.41, 5.74) is 22.5. The summed E-state index contributed by atoms with van der Waals surface area (Å²) in [6.45, 7) is 7.73. The van der Waals surface area contributed by atoms with Gasteiger partial charge in [-0.15, -0.1) is 0 Å². The topological polar surface area (TPSA) is 9.72 Å². The Morgan fingerprint density at radius 2 is 0.609 bits per heavy atom. The van der Waals surface area contributed by atoms with Crippen molar-refractivity contribution in [1.82, 2.24) is 0 Å². The maximum absolute atomic E-state index is 2.74. The molecule has 3 nitrogen and oxygen atoms in total. The third-order valence-electron chi connectivity index (χ3n) is 24.4. The molecule has 0 amide bonds. The van der Waals surface area contributed by atoms with E-state index in [9.17, 15) is 0 Å². The first-order chi connectivity index (χ1) is 45.0. The van der Waals surface area contributed by atoms with E-state index >= 15 is 0 Å². The second-order valence-corrected chi connectivity index (χ2v) is 31.6. The molecule has 3 aliphatic carbocycles. The summed E-state index contributed by atoms with van der Waals surface area (Å²) in [6.07, 6.45) is 21.5. The SMILES string of the molecule is CSC12CCCCC1(C)N(c1ccccc1)c1ccc(-c3cc(-c4ccc5c(c4)C4(SC)CCCCC4(C)N5c4ccccc4)c4ccc5c(-c6cccc7ccccc67)cc(-c6ccc7c(c6)C6(SC)CCCCC6(C)N7c6ccccc6)c6ccc3c4c65)cc12. The predicted octanol–water partition coefficient (Wildman–Crippen LogP) is 24.5. The Morgan fingerprint density at radius 1 is 0.283 bits per heavy atom. The summed E-state index contributed by atoms with van der Waals surface area (Å²) in [5, 5.41) is 10.5. The molecular formula is C86H79N3S3. The lowest BCUT2D eigenvalue weighted by Crippen LogP contribution is -2.54. The van der Waals surface area contributed by atoms with Gasteiger partial charge in [-0.05, 0) is 267 Å². The van der Waals surface area contributed by atoms with Gasteiger partial charge in [0.2, 0.25) is 0 Å². The summed E-state index contributed by atoms with van der Waals surface area (Å²) in [6, 6.07) is 88.2. The van der Waals surface area contributed by atoms with E-state index in [-0.39, 0.29) is 30.9 Å². The number of thioether (sulfide) groups is 3. The molecule has 6 unspecified atom stereocenters. The predicted molar refractivity (Wildman–Crippen MR) is 401 cm³/mol. The number of hydrogen-bond donors (Lipinski definition) is 0. The molecule has 12 aromatic rings. The van der Waals surface area contributed by atoms with Crippen LogP contribution in [0.3, 0.4) is 0 Å². The molecule has 6 heteroatoms. The number of benzene rings is 12. The van der Waals surface area contributed by atoms with Crippen molar-refractivity contribution < 1.29 is 0 Å². The fourth-order valence-electron chi connectivity index (χ4n) is 20.2. The molecule has 0 saturated heterocycles. The zero-order valence-electron chi connectivity index (χ0n) is 53.9. The van der Waals surface area contributed by atoms with Crippen LogP contribution in [0.1, 0.15) is 115 Å². The van der Waals surface area contributed by atoms with Crippen LogP contribution in [-0.2, 0) is 14.2 Å². The van der Waals surface area contributed by atoms with Crippen molar-refractivity contribution >= 4 is 112 Å². The van der Waals surface area contributed by atoms with Crippen molar-refractivity contribution in [1.29, 1.82) is 0 Å². The van der Waals surface area contributed by atoms with E-state index in [0.29, 0.717) is 0 Å². The van der Waals surface area contributed by atoms with E-state index in [0.717, 1.165) is 38.5 Å². The first kappa shape index (κ1) is 57.1. The lowest BCUT2D eigenvalue weighted by molar-refractivity contribution is 0.262. The molecule has 0 N–H and O–H groups in total. The van der Waals surface area contributed by atoms with E-state index in [1.54, 1.807) is 0 Å². The minimum absolute atomic E-state index is 0.0751. The largest absolute Gasteiger partial charge is 0.334 e. The number of rotatable bonds is 10. The summed E-state index contributed by atoms with van der Waals surface area (Å²) in [4.78, 5) is 8.22. The highest BCUT2D eigenvalue weighted by molar-refractivity contribution is 8.00. The van der Waals surface area contributed by atoms with E-state index < -0.39 is 0 Å². The van der Waals surface area contributed by atoms with Gasteiger partial charge in [-0.1, -0.05) is 178 Å². The number of anilines is 6. The van der Waals surface area contributed by atoms with Gasteiger partial charge in [-0.25, -0.2) is 0 Å². The van der Waals surface area contributed by atoms with Gasteiger partial charge in [-0.3, -0.25) is 0 Å². The lowest BCUT2D eigenvalue weighted by atomic mass is 9.71. The van der Waals surface area contributed by atoms with Crippen molar-refractivity contribution in [2.75, 3.05) is 33.5 Å². The molecule has 3 heterocycles. The van der Waals surface area contributed by atoms with Gasteiger partial charge in [0.15, 0.2) is 0 Å². The molecule has 0 radical (unpaired) electrons. The van der Waals surface area contributed by atoms with Gasteiger partial charge < -0.3 is 14.7 Å². The standard InChI is InChI=1S/C86H79N3S3/c1-81-45-18-21-48-84(81,90-4)73-51-57(35-42-76(73)87(81)60-27-10-7-11-28-60)69-54-70(58-36-43-77-74(52-58)85(91-5)49-22-19-46-82(85,2)88(77)61-29-12-8-13-30-61)66-40-41-68-72(64-34-24-26-56-25-16-17-33-63(56)64)55-71(67-39-38-65(69)79(66)80(67)68)59-37-44-78-75(53-59)86(92-6)50-23-20-47-83(86,3)89(78)62-31-14-9-15-32-62/h7-17,24-44,51-55H,18-23,45-50H2,1-6H3. The summed E-state index contributed by atoms with van der Waals surface area (Å²) < 4.78 is -0.237. The minimum Gasteiger partial charge on any atom is -0.334 e. The van der Waals surface area contributed by atoms with Gasteiger partial charge in [0, 0.05) is 34.1 Å². The monoisotopic (exact) mass is 1250 g/mol. The molecule has 6 atom stereocenters. The molecule has 92 heavy (non-hydrogen) atoms. The van der Waals surface area contributed by atoms with Crippen LogP contribution in [-0.4, -0.2) is 35.4 Å². The van der Waals surface area contributed by atoms with Gasteiger partial charge in [0.1, 0.15) is 0 Å². The van der Waals surface area contributed by atoms with Crippen LogP contribution in [0.4, 0.5) is 34.1 Å². The van der Waals surface area contributed by atoms with Crippen LogP contribution in [0, 0.1) is 0 Å². The van der Waals surface area contributed by atoms with Crippen LogP contribution in [0.15, 0.2) is 224 Å². The highest BCUT2D eigenvalue weighted by Crippen LogP contribution is 2.69. The zero-order valence-corrected chi connectivity index (χ0v) is 56.4. The van der Waals surface area contributed by atoms with E-state index in [1.807, 2.05) is 0 Å². The normalized spacial score (nSPS) is 25.5. The van der Waals surface area contributed by atoms with Crippen molar-refractivity contribution in [2.45, 2.75) is 129 Å². The number of nitrogens with zero attached hydrogens (tertiary/aromatic N) is 3. The fourth-order valence-corrected chi connectivity index (χ4v) is 24.3. The Morgan fingerprint density at radius 3 is 0.989 bits per heavy atom. The minimum atomic E-state index is -0.0867. The third kappa shape index (κ3) is 7.52. The van der Waals surface area contributed by atoms with Crippen molar-refractivity contribution in [3.05, 3.63) is 241 Å². The number of hydrogen-bond acceptors (Lipinski definition) is 6. The molecule has 3 aliphatic heterocycles. The van der Waals surface area contributed by atoms with Crippen molar-refractivity contribution in [3.8, 4) is 44.5 Å². The van der Waals surface area contributed by atoms with Crippen molar-refractivity contribution in [2.24, 2.45) is 0 Å². The fraction of sp³-hybridized carbons (Fsp3) is 0.279. The van der Waals surface area contributed by atoms with E-state index in [2.05, 4.69) is 314 Å². The maximum atomic E-state index is 2.74. The highest BCUT2D eigenvalue weighted by Gasteiger charge is 2.63. The molecule has 3 saturated carbocycles. The Kier molecular flexibility index (Phi) is 13.0. The first-order valence-corrected chi connectivity index (χ1v) is 37.6. The molecule has 0 bridgehead atoms. The van der Waals surface area contributed by atoms with Crippen LogP contribution >= 0.6 is 35.3 Å². The van der Waals surface area contributed by atoms with Crippen LogP contribution in [0.25, 0.3) is 87.6 Å². The molecule has 0 aromatic heterocycles. The Balaban J connectivity index is 0.939. The molecule has 18 rings (SSSR count). The molecule has 456 valence electrons. The molecule has 0 spiro atoms. The Hall–Kier alpha value is -7.61. The quantitative estimate of drug-likeness (QED) is 0.125. The second-order valence-electron chi connectivity index (χ2n) is 28.3. The molecular weight excluding hydrogens is 1170 g/mol. The van der Waals surface area contributed by atoms with E-state index in [4.69, 9.17) is 0 Å². The lowest BCUT2D eigenvalue weighted by Gasteiger charge is -2.51.